The lowest BCUT2D eigenvalue weighted by molar-refractivity contribution is -0.121. The van der Waals surface area contributed by atoms with E-state index in [4.69, 9.17) is 4.98 Å². The number of hydrogen-bond donors (Lipinski definition) is 1. The average molecular weight is 417 g/mol. The van der Waals surface area contributed by atoms with Crippen molar-refractivity contribution < 1.29 is 9.18 Å². The zero-order chi connectivity index (χ0) is 21.8. The van der Waals surface area contributed by atoms with Crippen LogP contribution in [0.2, 0.25) is 0 Å². The number of pyridine rings is 1. The van der Waals surface area contributed by atoms with E-state index in [1.807, 2.05) is 19.2 Å². The van der Waals surface area contributed by atoms with Gasteiger partial charge in [-0.15, -0.1) is 0 Å². The van der Waals surface area contributed by atoms with Crippen LogP contribution < -0.4 is 5.32 Å². The van der Waals surface area contributed by atoms with Crippen LogP contribution in [0.5, 0.6) is 0 Å². The Morgan fingerprint density at radius 2 is 1.84 bits per heavy atom. The fraction of sp³-hybridized carbons (Fsp3) is 0.240. The second-order valence-corrected chi connectivity index (χ2v) is 7.80. The van der Waals surface area contributed by atoms with Gasteiger partial charge in [-0.05, 0) is 43.2 Å². The average Bonchev–Trinajstić information content (AvgIpc) is 3.11. The van der Waals surface area contributed by atoms with Crippen molar-refractivity contribution in [1.29, 1.82) is 0 Å². The molecular weight excluding hydrogens is 391 g/mol. The van der Waals surface area contributed by atoms with Crippen molar-refractivity contribution in [3.8, 4) is 0 Å². The lowest BCUT2D eigenvalue weighted by Crippen LogP contribution is -2.27. The minimum Gasteiger partial charge on any atom is -0.350 e. The van der Waals surface area contributed by atoms with Crippen molar-refractivity contribution in [3.05, 3.63) is 95.3 Å². The number of rotatable bonds is 7. The van der Waals surface area contributed by atoms with E-state index in [9.17, 15) is 9.18 Å². The van der Waals surface area contributed by atoms with Gasteiger partial charge in [0, 0.05) is 25.6 Å². The highest BCUT2D eigenvalue weighted by molar-refractivity contribution is 5.77. The summed E-state index contributed by atoms with van der Waals surface area (Å²) in [5, 5.41) is 2.98. The molecule has 0 aliphatic rings. The number of aromatic nitrogens is 3. The molecule has 1 amide bonds. The Bertz CT molecular complexity index is 1180. The van der Waals surface area contributed by atoms with Gasteiger partial charge in [-0.25, -0.2) is 9.37 Å². The molecule has 2 aromatic carbocycles. The highest BCUT2D eigenvalue weighted by Gasteiger charge is 2.15. The van der Waals surface area contributed by atoms with Crippen LogP contribution in [-0.4, -0.2) is 20.4 Å². The Labute approximate surface area is 181 Å². The fourth-order valence-electron chi connectivity index (χ4n) is 3.64. The second kappa shape index (κ2) is 9.08. The molecule has 2 heterocycles. The monoisotopic (exact) mass is 416 g/mol. The molecule has 31 heavy (non-hydrogen) atoms. The smallest absolute Gasteiger partial charge is 0.220 e. The van der Waals surface area contributed by atoms with E-state index in [0.717, 1.165) is 22.4 Å². The van der Waals surface area contributed by atoms with Crippen LogP contribution in [0.15, 0.2) is 67.0 Å². The van der Waals surface area contributed by atoms with Crippen molar-refractivity contribution >= 4 is 16.9 Å². The van der Waals surface area contributed by atoms with E-state index < -0.39 is 0 Å². The highest BCUT2D eigenvalue weighted by Crippen LogP contribution is 2.19. The molecule has 4 aromatic rings. The van der Waals surface area contributed by atoms with Crippen LogP contribution >= 0.6 is 0 Å². The first-order valence-electron chi connectivity index (χ1n) is 10.4. The molecule has 5 nitrogen and oxygen atoms in total. The van der Waals surface area contributed by atoms with E-state index >= 15 is 0 Å². The number of imidazole rings is 1. The topological polar surface area (TPSA) is 59.8 Å². The maximum Gasteiger partial charge on any atom is 0.220 e. The molecule has 2 aromatic heterocycles. The summed E-state index contributed by atoms with van der Waals surface area (Å²) in [6, 6.07) is 16.3. The molecule has 0 spiro atoms. The maximum absolute atomic E-state index is 13.1. The summed E-state index contributed by atoms with van der Waals surface area (Å²) in [4.78, 5) is 21.6. The number of amides is 1. The molecule has 0 bridgehead atoms. The number of hydrogen-bond acceptors (Lipinski definition) is 3. The van der Waals surface area contributed by atoms with Gasteiger partial charge in [0.2, 0.25) is 5.91 Å². The molecule has 1 atom stereocenters. The molecule has 158 valence electrons. The summed E-state index contributed by atoms with van der Waals surface area (Å²) < 4.78 is 15.3. The second-order valence-electron chi connectivity index (χ2n) is 7.80. The van der Waals surface area contributed by atoms with Crippen molar-refractivity contribution in [1.82, 2.24) is 19.9 Å². The van der Waals surface area contributed by atoms with Gasteiger partial charge >= 0.3 is 0 Å². The number of aryl methyl sites for hydroxylation is 2. The molecule has 0 saturated carbocycles. The van der Waals surface area contributed by atoms with E-state index in [-0.39, 0.29) is 17.8 Å². The van der Waals surface area contributed by atoms with Crippen molar-refractivity contribution in [3.63, 3.8) is 0 Å². The molecule has 0 fully saturated rings. The Balaban J connectivity index is 1.48. The quantitative estimate of drug-likeness (QED) is 0.474. The molecule has 0 saturated heterocycles. The molecular formula is C25H25FN4O. The Hall–Kier alpha value is -3.54. The molecule has 0 radical (unpaired) electrons. The third kappa shape index (κ3) is 4.97. The van der Waals surface area contributed by atoms with Gasteiger partial charge in [0.15, 0.2) is 0 Å². The number of nitrogens with zero attached hydrogens (tertiary/aromatic N) is 3. The Morgan fingerprint density at radius 3 is 2.58 bits per heavy atom. The molecule has 1 N–H and O–H groups in total. The zero-order valence-electron chi connectivity index (χ0n) is 17.7. The van der Waals surface area contributed by atoms with Gasteiger partial charge in [-0.1, -0.05) is 42.0 Å². The molecule has 4 rings (SSSR count). The van der Waals surface area contributed by atoms with Crippen molar-refractivity contribution in [2.75, 3.05) is 0 Å². The molecule has 6 heteroatoms. The van der Waals surface area contributed by atoms with Crippen molar-refractivity contribution in [2.45, 2.75) is 39.3 Å². The summed E-state index contributed by atoms with van der Waals surface area (Å²) >= 11 is 0. The lowest BCUT2D eigenvalue weighted by atomic mass is 10.1. The number of benzene rings is 2. The van der Waals surface area contributed by atoms with Crippen LogP contribution in [0.25, 0.3) is 11.0 Å². The minimum absolute atomic E-state index is 0.0658. The van der Waals surface area contributed by atoms with E-state index in [0.29, 0.717) is 19.4 Å². The molecule has 0 unspecified atom stereocenters. The van der Waals surface area contributed by atoms with Crippen LogP contribution in [0.4, 0.5) is 4.39 Å². The number of carbonyl (C=O) groups is 1. The predicted octanol–water partition coefficient (Wildman–Crippen LogP) is 4.74. The zero-order valence-corrected chi connectivity index (χ0v) is 17.7. The molecule has 0 aliphatic heterocycles. The van der Waals surface area contributed by atoms with Gasteiger partial charge < -0.3 is 9.88 Å². The standard InChI is InChI=1S/C25H25FN4O/c1-17-3-5-19(6-4-17)16-30-23-15-27-14-13-22(23)29-24(30)11-12-25(31)28-18(2)20-7-9-21(26)10-8-20/h3-10,13-15,18H,11-12,16H2,1-2H3,(H,28,31)/t18-/m0/s1. The Kier molecular flexibility index (Phi) is 6.07. The summed E-state index contributed by atoms with van der Waals surface area (Å²) in [5.41, 5.74) is 5.08. The SMILES string of the molecule is Cc1ccc(Cn2c(CCC(=O)N[C@@H](C)c3ccc(F)cc3)nc3ccncc32)cc1. The van der Waals surface area contributed by atoms with Gasteiger partial charge in [0.05, 0.1) is 23.3 Å². The Morgan fingerprint density at radius 1 is 1.10 bits per heavy atom. The number of carbonyl (C=O) groups excluding carboxylic acids is 1. The lowest BCUT2D eigenvalue weighted by Gasteiger charge is -2.15. The summed E-state index contributed by atoms with van der Waals surface area (Å²) in [5.74, 6) is 0.501. The number of fused-ring (bicyclic) bond motifs is 1. The first kappa shape index (κ1) is 20.7. The van der Waals surface area contributed by atoms with Crippen LogP contribution in [0, 0.1) is 12.7 Å². The van der Waals surface area contributed by atoms with Crippen LogP contribution in [0.3, 0.4) is 0 Å². The largest absolute Gasteiger partial charge is 0.350 e. The van der Waals surface area contributed by atoms with Crippen molar-refractivity contribution in [2.24, 2.45) is 0 Å². The van der Waals surface area contributed by atoms with Crippen LogP contribution in [-0.2, 0) is 17.8 Å². The van der Waals surface area contributed by atoms with Crippen LogP contribution in [0.1, 0.15) is 41.9 Å². The fourth-order valence-corrected chi connectivity index (χ4v) is 3.64. The predicted molar refractivity (Wildman–Crippen MR) is 119 cm³/mol. The minimum atomic E-state index is -0.288. The van der Waals surface area contributed by atoms with Gasteiger partial charge in [0.1, 0.15) is 11.6 Å². The molecule has 0 aliphatic carbocycles. The van der Waals surface area contributed by atoms with E-state index in [1.165, 1.54) is 23.3 Å². The van der Waals surface area contributed by atoms with E-state index in [2.05, 4.69) is 46.1 Å². The number of halogens is 1. The maximum atomic E-state index is 13.1. The summed E-state index contributed by atoms with van der Waals surface area (Å²) in [6.45, 7) is 4.63. The van der Waals surface area contributed by atoms with Gasteiger partial charge in [0.25, 0.3) is 0 Å². The highest BCUT2D eigenvalue weighted by atomic mass is 19.1. The first-order valence-corrected chi connectivity index (χ1v) is 10.4. The van der Waals surface area contributed by atoms with E-state index in [1.54, 1.807) is 18.3 Å². The van der Waals surface area contributed by atoms with Gasteiger partial charge in [-0.2, -0.15) is 0 Å². The summed E-state index contributed by atoms with van der Waals surface area (Å²) in [7, 11) is 0. The third-order valence-electron chi connectivity index (χ3n) is 5.41. The summed E-state index contributed by atoms with van der Waals surface area (Å²) in [6.07, 6.45) is 4.38. The normalized spacial score (nSPS) is 12.1. The number of nitrogens with one attached hydrogen (secondary N) is 1. The first-order chi connectivity index (χ1) is 15.0. The third-order valence-corrected chi connectivity index (χ3v) is 5.41. The van der Waals surface area contributed by atoms with Gasteiger partial charge in [-0.3, -0.25) is 9.78 Å².